The van der Waals surface area contributed by atoms with Crippen molar-refractivity contribution in [2.45, 2.75) is 45.3 Å². The Morgan fingerprint density at radius 1 is 1.42 bits per heavy atom. The number of carboxylic acid groups (broad SMARTS) is 1. The van der Waals surface area contributed by atoms with Crippen molar-refractivity contribution >= 4 is 29.1 Å². The van der Waals surface area contributed by atoms with Crippen LogP contribution in [0.3, 0.4) is 0 Å². The molecule has 0 aliphatic carbocycles. The smallest absolute Gasteiger partial charge is 0.417 e. The van der Waals surface area contributed by atoms with Gasteiger partial charge in [-0.25, -0.2) is 9.78 Å². The number of pyridine rings is 1. The molecule has 1 amide bonds. The first kappa shape index (κ1) is 20.0. The maximum Gasteiger partial charge on any atom is 0.417 e. The average Bonchev–Trinajstić information content (AvgIpc) is 2.86. The minimum absolute atomic E-state index is 0.0113. The predicted octanol–water partition coefficient (Wildman–Crippen LogP) is 3.69. The van der Waals surface area contributed by atoms with Gasteiger partial charge in [-0.05, 0) is 19.4 Å². The summed E-state index contributed by atoms with van der Waals surface area (Å²) in [5, 5.41) is 11.3. The monoisotopic (exact) mass is 391 g/mol. The van der Waals surface area contributed by atoms with Gasteiger partial charge in [-0.15, -0.1) is 0 Å². The number of nitrogens with zero attached hydrogens (tertiary/aromatic N) is 2. The first-order chi connectivity index (χ1) is 12.1. The van der Waals surface area contributed by atoms with Crippen LogP contribution in [-0.4, -0.2) is 32.4 Å². The van der Waals surface area contributed by atoms with Gasteiger partial charge >= 0.3 is 12.1 Å². The quantitative estimate of drug-likeness (QED) is 0.786. The standard InChI is InChI=1S/C16H17ClF3N3O3/c1-3-4-5-11(15(25)26)22-14(24)12-8(2)21-13-10(17)6-9(7-23(12)13)16(18,19)20/h6-7,11H,3-5H2,1-2H3,(H,22,24)(H,25,26). The van der Waals surface area contributed by atoms with Crippen LogP contribution in [0.1, 0.15) is 47.9 Å². The Bertz CT molecular complexity index is 849. The fourth-order valence-electron chi connectivity index (χ4n) is 2.54. The Morgan fingerprint density at radius 3 is 2.62 bits per heavy atom. The van der Waals surface area contributed by atoms with Gasteiger partial charge in [0.25, 0.3) is 5.91 Å². The molecule has 2 rings (SSSR count). The van der Waals surface area contributed by atoms with E-state index in [1.807, 2.05) is 6.92 Å². The first-order valence-electron chi connectivity index (χ1n) is 7.85. The molecule has 0 spiro atoms. The molecule has 26 heavy (non-hydrogen) atoms. The highest BCUT2D eigenvalue weighted by molar-refractivity contribution is 6.33. The van der Waals surface area contributed by atoms with E-state index < -0.39 is 29.7 Å². The van der Waals surface area contributed by atoms with E-state index in [1.54, 1.807) is 0 Å². The summed E-state index contributed by atoms with van der Waals surface area (Å²) in [7, 11) is 0. The van der Waals surface area contributed by atoms with Gasteiger partial charge in [0.1, 0.15) is 11.7 Å². The lowest BCUT2D eigenvalue weighted by molar-refractivity contribution is -0.139. The lowest BCUT2D eigenvalue weighted by Gasteiger charge is -2.15. The summed E-state index contributed by atoms with van der Waals surface area (Å²) in [6.07, 6.45) is -2.42. The van der Waals surface area contributed by atoms with E-state index in [-0.39, 0.29) is 28.5 Å². The summed E-state index contributed by atoms with van der Waals surface area (Å²) in [5.74, 6) is -2.04. The van der Waals surface area contributed by atoms with Gasteiger partial charge < -0.3 is 10.4 Å². The van der Waals surface area contributed by atoms with Gasteiger partial charge in [-0.2, -0.15) is 13.2 Å². The van der Waals surface area contributed by atoms with Crippen molar-refractivity contribution in [2.75, 3.05) is 0 Å². The van der Waals surface area contributed by atoms with Crippen LogP contribution in [0.5, 0.6) is 0 Å². The van der Waals surface area contributed by atoms with Gasteiger partial charge in [-0.1, -0.05) is 31.4 Å². The predicted molar refractivity (Wildman–Crippen MR) is 88.4 cm³/mol. The summed E-state index contributed by atoms with van der Waals surface area (Å²) in [4.78, 5) is 27.8. The highest BCUT2D eigenvalue weighted by atomic mass is 35.5. The van der Waals surface area contributed by atoms with Crippen LogP contribution in [0.2, 0.25) is 5.02 Å². The molecule has 0 aromatic carbocycles. The fraction of sp³-hybridized carbons (Fsp3) is 0.438. The van der Waals surface area contributed by atoms with Crippen molar-refractivity contribution < 1.29 is 27.9 Å². The van der Waals surface area contributed by atoms with Crippen LogP contribution < -0.4 is 5.32 Å². The molecule has 2 N–H and O–H groups in total. The van der Waals surface area contributed by atoms with E-state index in [1.165, 1.54) is 6.92 Å². The molecule has 1 unspecified atom stereocenters. The number of aliphatic carboxylic acids is 1. The van der Waals surface area contributed by atoms with Gasteiger partial charge in [0, 0.05) is 6.20 Å². The summed E-state index contributed by atoms with van der Waals surface area (Å²) < 4.78 is 40.0. The first-order valence-corrected chi connectivity index (χ1v) is 8.23. The number of fused-ring (bicyclic) bond motifs is 1. The molecule has 0 fully saturated rings. The second-order valence-electron chi connectivity index (χ2n) is 5.82. The molecule has 2 aromatic heterocycles. The van der Waals surface area contributed by atoms with Gasteiger partial charge in [0.2, 0.25) is 0 Å². The molecule has 0 radical (unpaired) electrons. The van der Waals surface area contributed by atoms with E-state index in [9.17, 15) is 27.9 Å². The Kier molecular flexibility index (Phi) is 5.80. The second-order valence-corrected chi connectivity index (χ2v) is 6.23. The topological polar surface area (TPSA) is 83.7 Å². The Labute approximate surface area is 152 Å². The number of carbonyl (C=O) groups excluding carboxylic acids is 1. The molecule has 2 heterocycles. The molecule has 142 valence electrons. The lowest BCUT2D eigenvalue weighted by Crippen LogP contribution is -2.41. The van der Waals surface area contributed by atoms with Gasteiger partial charge in [0.05, 0.1) is 16.3 Å². The van der Waals surface area contributed by atoms with Crippen LogP contribution in [0.25, 0.3) is 5.65 Å². The molecule has 0 saturated heterocycles. The highest BCUT2D eigenvalue weighted by Gasteiger charge is 2.33. The number of alkyl halides is 3. The van der Waals surface area contributed by atoms with E-state index in [0.717, 1.165) is 23.1 Å². The lowest BCUT2D eigenvalue weighted by atomic mass is 10.1. The van der Waals surface area contributed by atoms with Crippen LogP contribution in [0.15, 0.2) is 12.3 Å². The summed E-state index contributed by atoms with van der Waals surface area (Å²) in [6.45, 7) is 3.31. The van der Waals surface area contributed by atoms with Crippen molar-refractivity contribution in [2.24, 2.45) is 0 Å². The molecule has 1 atom stereocenters. The number of hydrogen-bond donors (Lipinski definition) is 2. The highest BCUT2D eigenvalue weighted by Crippen LogP contribution is 2.33. The second kappa shape index (κ2) is 7.53. The normalized spacial score (nSPS) is 13.0. The van der Waals surface area contributed by atoms with Crippen LogP contribution >= 0.6 is 11.6 Å². The Balaban J connectivity index is 2.47. The Hall–Kier alpha value is -2.29. The number of halogens is 4. The number of aromatic nitrogens is 2. The van der Waals surface area contributed by atoms with Crippen molar-refractivity contribution in [1.82, 2.24) is 14.7 Å². The van der Waals surface area contributed by atoms with Crippen LogP contribution in [0.4, 0.5) is 13.2 Å². The minimum Gasteiger partial charge on any atom is -0.480 e. The molecule has 0 aliphatic rings. The molecule has 0 bridgehead atoms. The maximum absolute atomic E-state index is 13.0. The van der Waals surface area contributed by atoms with E-state index in [4.69, 9.17) is 11.6 Å². The molecule has 0 aliphatic heterocycles. The number of aryl methyl sites for hydroxylation is 1. The maximum atomic E-state index is 13.0. The number of rotatable bonds is 6. The number of hydrogen-bond acceptors (Lipinski definition) is 3. The largest absolute Gasteiger partial charge is 0.480 e. The fourth-order valence-corrected chi connectivity index (χ4v) is 2.79. The molecule has 6 nitrogen and oxygen atoms in total. The SMILES string of the molecule is CCCCC(NC(=O)c1c(C)nc2c(Cl)cc(C(F)(F)F)cn12)C(=O)O. The van der Waals surface area contributed by atoms with E-state index >= 15 is 0 Å². The zero-order valence-corrected chi connectivity index (χ0v) is 14.8. The van der Waals surface area contributed by atoms with Gasteiger partial charge in [-0.3, -0.25) is 9.20 Å². The van der Waals surface area contributed by atoms with Crippen LogP contribution in [0, 0.1) is 6.92 Å². The summed E-state index contributed by atoms with van der Waals surface area (Å²) >= 11 is 5.87. The average molecular weight is 392 g/mol. The van der Waals surface area contributed by atoms with E-state index in [2.05, 4.69) is 10.3 Å². The number of carbonyl (C=O) groups is 2. The van der Waals surface area contributed by atoms with Gasteiger partial charge in [0.15, 0.2) is 5.65 Å². The molecule has 0 saturated carbocycles. The Morgan fingerprint density at radius 2 is 2.08 bits per heavy atom. The number of imidazole rings is 1. The van der Waals surface area contributed by atoms with Crippen molar-refractivity contribution in [1.29, 1.82) is 0 Å². The number of unbranched alkanes of at least 4 members (excludes halogenated alkanes) is 1. The molecular formula is C16H17ClF3N3O3. The third kappa shape index (κ3) is 4.09. The minimum atomic E-state index is -4.66. The molecule has 2 aromatic rings. The summed E-state index contributed by atoms with van der Waals surface area (Å²) in [6, 6.07) is -0.416. The van der Waals surface area contributed by atoms with Crippen molar-refractivity contribution in [3.8, 4) is 0 Å². The molecular weight excluding hydrogens is 375 g/mol. The van der Waals surface area contributed by atoms with Crippen molar-refractivity contribution in [3.63, 3.8) is 0 Å². The number of nitrogens with one attached hydrogen (secondary N) is 1. The third-order valence-electron chi connectivity index (χ3n) is 3.84. The summed E-state index contributed by atoms with van der Waals surface area (Å²) in [5.41, 5.74) is -1.09. The third-order valence-corrected chi connectivity index (χ3v) is 4.12. The van der Waals surface area contributed by atoms with Crippen LogP contribution in [-0.2, 0) is 11.0 Å². The van der Waals surface area contributed by atoms with Crippen molar-refractivity contribution in [3.05, 3.63) is 34.2 Å². The number of amides is 1. The zero-order valence-electron chi connectivity index (χ0n) is 14.0. The zero-order chi connectivity index (χ0) is 19.6. The number of carboxylic acids is 1. The van der Waals surface area contributed by atoms with E-state index in [0.29, 0.717) is 6.42 Å². The molecule has 10 heteroatoms.